The van der Waals surface area contributed by atoms with Crippen LogP contribution in [0, 0.1) is 0 Å². The van der Waals surface area contributed by atoms with Crippen LogP contribution in [-0.4, -0.2) is 8.42 Å². The molecule has 31 heavy (non-hydrogen) atoms. The first-order valence-corrected chi connectivity index (χ1v) is 13.0. The average molecular weight is 447 g/mol. The molecule has 0 spiro atoms. The molecule has 0 aliphatic heterocycles. The van der Waals surface area contributed by atoms with Gasteiger partial charge in [-0.15, -0.1) is 0 Å². The lowest BCUT2D eigenvalue weighted by Gasteiger charge is -2.20. The predicted molar refractivity (Wildman–Crippen MR) is 127 cm³/mol. The maximum absolute atomic E-state index is 12.7. The normalized spacial score (nSPS) is 13.8. The fourth-order valence-electron chi connectivity index (χ4n) is 3.93. The topological polar surface area (TPSA) is 52.6 Å². The lowest BCUT2D eigenvalue weighted by Crippen LogP contribution is -2.17. The van der Waals surface area contributed by atoms with Gasteiger partial charge in [0.15, 0.2) is 0 Å². The molecule has 0 fully saturated rings. The summed E-state index contributed by atoms with van der Waals surface area (Å²) in [6, 6.07) is 15.8. The van der Waals surface area contributed by atoms with E-state index >= 15 is 0 Å². The van der Waals surface area contributed by atoms with Crippen LogP contribution in [0.25, 0.3) is 0 Å². The number of unbranched alkanes of at least 4 members (excludes halogenated alkanes) is 4. The molecule has 2 aromatic carbocycles. The lowest BCUT2D eigenvalue weighted by molar-refractivity contribution is 0.138. The highest BCUT2D eigenvalue weighted by atomic mass is 32.3. The van der Waals surface area contributed by atoms with Crippen LogP contribution in [0.15, 0.2) is 48.5 Å². The molecule has 2 atom stereocenters. The van der Waals surface area contributed by atoms with E-state index in [1.54, 1.807) is 13.8 Å². The van der Waals surface area contributed by atoms with E-state index in [0.29, 0.717) is 0 Å². The standard InChI is InChI=1S/C26H38O4S/c1-5-7-9-15-23-17-11-13-19-25(23)21(3)29-31(27,28)30-22(4)26-20-14-12-18-24(26)16-10-8-6-2/h11-14,17-22H,5-10,15-16H2,1-4H3. The van der Waals surface area contributed by atoms with E-state index in [9.17, 15) is 8.42 Å². The van der Waals surface area contributed by atoms with Gasteiger partial charge in [-0.3, -0.25) is 0 Å². The van der Waals surface area contributed by atoms with Crippen LogP contribution in [0.5, 0.6) is 0 Å². The summed E-state index contributed by atoms with van der Waals surface area (Å²) in [4.78, 5) is 0. The Morgan fingerprint density at radius 3 is 1.45 bits per heavy atom. The van der Waals surface area contributed by atoms with Gasteiger partial charge in [0.2, 0.25) is 0 Å². The molecular weight excluding hydrogens is 408 g/mol. The molecule has 0 aromatic heterocycles. The number of benzene rings is 2. The smallest absolute Gasteiger partial charge is 0.240 e. The quantitative estimate of drug-likeness (QED) is 0.287. The van der Waals surface area contributed by atoms with Gasteiger partial charge in [0.1, 0.15) is 12.2 Å². The molecule has 2 aromatic rings. The highest BCUT2D eigenvalue weighted by Gasteiger charge is 2.24. The second-order valence-electron chi connectivity index (χ2n) is 8.20. The summed E-state index contributed by atoms with van der Waals surface area (Å²) >= 11 is 0. The van der Waals surface area contributed by atoms with Gasteiger partial charge >= 0.3 is 10.4 Å². The van der Waals surface area contributed by atoms with Gasteiger partial charge in [-0.2, -0.15) is 8.42 Å². The molecule has 0 heterocycles. The zero-order valence-electron chi connectivity index (χ0n) is 19.5. The van der Waals surface area contributed by atoms with E-state index in [4.69, 9.17) is 8.37 Å². The number of hydrogen-bond donors (Lipinski definition) is 0. The molecule has 0 saturated heterocycles. The van der Waals surface area contributed by atoms with Crippen molar-refractivity contribution in [2.45, 2.75) is 91.3 Å². The van der Waals surface area contributed by atoms with Crippen LogP contribution in [0.2, 0.25) is 0 Å². The highest BCUT2D eigenvalue weighted by molar-refractivity contribution is 7.81. The largest absolute Gasteiger partial charge is 0.401 e. The number of aryl methyl sites for hydroxylation is 2. The molecule has 0 aliphatic rings. The Labute approximate surface area is 189 Å². The third-order valence-electron chi connectivity index (χ3n) is 5.61. The summed E-state index contributed by atoms with van der Waals surface area (Å²) in [7, 11) is -4.16. The molecule has 0 radical (unpaired) electrons. The van der Waals surface area contributed by atoms with Crippen molar-refractivity contribution < 1.29 is 16.8 Å². The second kappa shape index (κ2) is 13.0. The van der Waals surface area contributed by atoms with Gasteiger partial charge < -0.3 is 0 Å². The molecule has 4 nitrogen and oxygen atoms in total. The fourth-order valence-corrected chi connectivity index (χ4v) is 4.89. The van der Waals surface area contributed by atoms with Crippen molar-refractivity contribution >= 4 is 10.4 Å². The minimum Gasteiger partial charge on any atom is -0.240 e. The molecule has 0 N–H and O–H groups in total. The Kier molecular flexibility index (Phi) is 10.7. The van der Waals surface area contributed by atoms with Gasteiger partial charge in [0, 0.05) is 0 Å². The zero-order chi connectivity index (χ0) is 22.7. The Hall–Kier alpha value is -1.69. The molecule has 0 saturated carbocycles. The summed E-state index contributed by atoms with van der Waals surface area (Å²) in [5.41, 5.74) is 4.07. The predicted octanol–water partition coefficient (Wildman–Crippen LogP) is 7.25. The van der Waals surface area contributed by atoms with Crippen LogP contribution in [-0.2, 0) is 31.6 Å². The third-order valence-corrected chi connectivity index (χ3v) is 6.66. The Bertz CT molecular complexity index is 824. The van der Waals surface area contributed by atoms with Crippen LogP contribution < -0.4 is 0 Å². The van der Waals surface area contributed by atoms with Crippen LogP contribution >= 0.6 is 0 Å². The molecule has 172 valence electrons. The Morgan fingerprint density at radius 2 is 1.06 bits per heavy atom. The van der Waals surface area contributed by atoms with E-state index in [2.05, 4.69) is 13.8 Å². The summed E-state index contributed by atoms with van der Waals surface area (Å²) in [5, 5.41) is 0. The summed E-state index contributed by atoms with van der Waals surface area (Å²) in [6.07, 6.45) is 7.39. The van der Waals surface area contributed by atoms with Gasteiger partial charge in [-0.1, -0.05) is 88.1 Å². The summed E-state index contributed by atoms with van der Waals surface area (Å²) < 4.78 is 36.3. The Balaban J connectivity index is 2.07. The first kappa shape index (κ1) is 25.6. The fraction of sp³-hybridized carbons (Fsp3) is 0.538. The molecule has 0 amide bonds. The van der Waals surface area contributed by atoms with Crippen molar-refractivity contribution in [3.63, 3.8) is 0 Å². The van der Waals surface area contributed by atoms with Crippen molar-refractivity contribution in [1.82, 2.24) is 0 Å². The van der Waals surface area contributed by atoms with E-state index in [1.807, 2.05) is 48.5 Å². The molecular formula is C26H38O4S. The van der Waals surface area contributed by atoms with Crippen molar-refractivity contribution in [2.24, 2.45) is 0 Å². The minimum absolute atomic E-state index is 0.602. The molecule has 0 aliphatic carbocycles. The summed E-state index contributed by atoms with van der Waals surface area (Å²) in [5.74, 6) is 0. The second-order valence-corrected chi connectivity index (χ2v) is 9.40. The number of hydrogen-bond acceptors (Lipinski definition) is 4. The number of rotatable bonds is 14. The van der Waals surface area contributed by atoms with E-state index < -0.39 is 22.6 Å². The van der Waals surface area contributed by atoms with Crippen LogP contribution in [0.4, 0.5) is 0 Å². The highest BCUT2D eigenvalue weighted by Crippen LogP contribution is 2.29. The molecule has 0 bridgehead atoms. The minimum atomic E-state index is -4.16. The summed E-state index contributed by atoms with van der Waals surface area (Å²) in [6.45, 7) is 7.88. The molecule has 2 rings (SSSR count). The van der Waals surface area contributed by atoms with E-state index in [1.165, 1.54) is 0 Å². The van der Waals surface area contributed by atoms with Crippen molar-refractivity contribution in [3.05, 3.63) is 70.8 Å². The maximum Gasteiger partial charge on any atom is 0.401 e. The van der Waals surface area contributed by atoms with Gasteiger partial charge in [0.25, 0.3) is 0 Å². The molecule has 2 unspecified atom stereocenters. The monoisotopic (exact) mass is 446 g/mol. The van der Waals surface area contributed by atoms with Gasteiger partial charge in [-0.25, -0.2) is 8.37 Å². The van der Waals surface area contributed by atoms with Crippen molar-refractivity contribution in [1.29, 1.82) is 0 Å². The molecule has 5 heteroatoms. The first-order valence-electron chi connectivity index (χ1n) is 11.6. The maximum atomic E-state index is 12.7. The van der Waals surface area contributed by atoms with Gasteiger partial charge in [0.05, 0.1) is 0 Å². The van der Waals surface area contributed by atoms with Gasteiger partial charge in [-0.05, 0) is 61.8 Å². The zero-order valence-corrected chi connectivity index (χ0v) is 20.3. The van der Waals surface area contributed by atoms with E-state index in [-0.39, 0.29) is 0 Å². The van der Waals surface area contributed by atoms with Crippen LogP contribution in [0.3, 0.4) is 0 Å². The first-order chi connectivity index (χ1) is 14.9. The average Bonchev–Trinajstić information content (AvgIpc) is 2.74. The lowest BCUT2D eigenvalue weighted by atomic mass is 9.98. The van der Waals surface area contributed by atoms with E-state index in [0.717, 1.165) is 73.6 Å². The SMILES string of the molecule is CCCCCc1ccccc1C(C)OS(=O)(=O)OC(C)c1ccccc1CCCCC. The third kappa shape index (κ3) is 8.40. The van der Waals surface area contributed by atoms with Crippen molar-refractivity contribution in [2.75, 3.05) is 0 Å². The van der Waals surface area contributed by atoms with Crippen molar-refractivity contribution in [3.8, 4) is 0 Å². The Morgan fingerprint density at radius 1 is 0.677 bits per heavy atom. The van der Waals surface area contributed by atoms with Crippen LogP contribution in [0.1, 0.15) is 101 Å².